The molecule has 0 bridgehead atoms. The average molecular weight is 335 g/mol. The van der Waals surface area contributed by atoms with Crippen LogP contribution in [0.2, 0.25) is 0 Å². The van der Waals surface area contributed by atoms with Crippen molar-refractivity contribution in [3.05, 3.63) is 65.5 Å². The van der Waals surface area contributed by atoms with Gasteiger partial charge in [-0.1, -0.05) is 29.8 Å². The second-order valence-electron chi connectivity index (χ2n) is 6.08. The SMILES string of the molecule is Cc1ccc(S(=O)(=O)[C@@H]2[C@H](c3ccc(F)cc3)[C@@]2(N)CO)cc1. The maximum atomic E-state index is 13.1. The van der Waals surface area contributed by atoms with Gasteiger partial charge in [-0.05, 0) is 36.8 Å². The molecule has 2 aromatic rings. The van der Waals surface area contributed by atoms with Crippen molar-refractivity contribution in [2.75, 3.05) is 6.61 Å². The standard InChI is InChI=1S/C17H18FNO3S/c1-11-2-8-14(9-3-11)23(21,22)16-15(17(16,19)10-20)12-4-6-13(18)7-5-12/h2-9,15-16,20H,10,19H2,1H3/t15-,16+,17-/m0/s1. The monoisotopic (exact) mass is 335 g/mol. The maximum absolute atomic E-state index is 13.1. The van der Waals surface area contributed by atoms with Crippen molar-refractivity contribution in [1.29, 1.82) is 0 Å². The first kappa shape index (κ1) is 16.1. The Bertz CT molecular complexity index is 818. The molecule has 0 aromatic heterocycles. The van der Waals surface area contributed by atoms with Gasteiger partial charge in [-0.25, -0.2) is 12.8 Å². The summed E-state index contributed by atoms with van der Waals surface area (Å²) < 4.78 is 38.8. The van der Waals surface area contributed by atoms with E-state index in [9.17, 15) is 17.9 Å². The third-order valence-electron chi connectivity index (χ3n) is 4.49. The lowest BCUT2D eigenvalue weighted by Crippen LogP contribution is -2.35. The summed E-state index contributed by atoms with van der Waals surface area (Å²) in [6.45, 7) is 1.42. The van der Waals surface area contributed by atoms with E-state index in [1.807, 2.05) is 6.92 Å². The van der Waals surface area contributed by atoms with E-state index in [1.54, 1.807) is 24.3 Å². The lowest BCUT2D eigenvalue weighted by molar-refractivity contribution is 0.253. The molecule has 0 spiro atoms. The minimum absolute atomic E-state index is 0.181. The number of aryl methyl sites for hydroxylation is 1. The molecule has 0 aliphatic heterocycles. The lowest BCUT2D eigenvalue weighted by atomic mass is 10.1. The van der Waals surface area contributed by atoms with Crippen LogP contribution in [0.15, 0.2) is 53.4 Å². The van der Waals surface area contributed by atoms with Gasteiger partial charge in [0.25, 0.3) is 0 Å². The minimum Gasteiger partial charge on any atom is -0.394 e. The van der Waals surface area contributed by atoms with Gasteiger partial charge in [0.2, 0.25) is 0 Å². The molecule has 122 valence electrons. The van der Waals surface area contributed by atoms with Crippen LogP contribution in [0.4, 0.5) is 4.39 Å². The number of aliphatic hydroxyl groups is 1. The Morgan fingerprint density at radius 2 is 1.70 bits per heavy atom. The number of sulfone groups is 1. The van der Waals surface area contributed by atoms with Crippen molar-refractivity contribution in [2.45, 2.75) is 28.5 Å². The van der Waals surface area contributed by atoms with Gasteiger partial charge in [-0.3, -0.25) is 0 Å². The van der Waals surface area contributed by atoms with Crippen molar-refractivity contribution in [3.8, 4) is 0 Å². The van der Waals surface area contributed by atoms with Crippen molar-refractivity contribution in [3.63, 3.8) is 0 Å². The molecule has 3 atom stereocenters. The Hall–Kier alpha value is -1.76. The summed E-state index contributed by atoms with van der Waals surface area (Å²) in [6, 6.07) is 12.1. The lowest BCUT2D eigenvalue weighted by Gasteiger charge is -2.08. The highest BCUT2D eigenvalue weighted by molar-refractivity contribution is 7.92. The van der Waals surface area contributed by atoms with E-state index >= 15 is 0 Å². The van der Waals surface area contributed by atoms with E-state index < -0.39 is 39.0 Å². The second-order valence-corrected chi connectivity index (χ2v) is 8.15. The first-order valence-electron chi connectivity index (χ1n) is 7.26. The van der Waals surface area contributed by atoms with E-state index in [0.29, 0.717) is 5.56 Å². The molecule has 4 nitrogen and oxygen atoms in total. The van der Waals surface area contributed by atoms with Crippen LogP contribution in [0.1, 0.15) is 17.0 Å². The fourth-order valence-corrected chi connectivity index (χ4v) is 5.41. The van der Waals surface area contributed by atoms with Crippen LogP contribution in [0, 0.1) is 12.7 Å². The molecule has 0 unspecified atom stereocenters. The summed E-state index contributed by atoms with van der Waals surface area (Å²) in [5, 5.41) is 8.69. The Balaban J connectivity index is 2.01. The zero-order valence-electron chi connectivity index (χ0n) is 12.6. The highest BCUT2D eigenvalue weighted by atomic mass is 32.2. The molecule has 1 aliphatic rings. The molecule has 0 heterocycles. The van der Waals surface area contributed by atoms with Crippen LogP contribution in [0.25, 0.3) is 0 Å². The maximum Gasteiger partial charge on any atom is 0.183 e. The summed E-state index contributed by atoms with van der Waals surface area (Å²) in [6.07, 6.45) is 0. The fourth-order valence-electron chi connectivity index (χ4n) is 3.11. The number of rotatable bonds is 4. The van der Waals surface area contributed by atoms with Crippen LogP contribution in [-0.4, -0.2) is 30.9 Å². The van der Waals surface area contributed by atoms with Crippen molar-refractivity contribution >= 4 is 9.84 Å². The molecule has 3 N–H and O–H groups in total. The molecule has 0 saturated heterocycles. The number of aliphatic hydroxyl groups excluding tert-OH is 1. The molecular formula is C17H18FNO3S. The first-order valence-corrected chi connectivity index (χ1v) is 8.81. The van der Waals surface area contributed by atoms with Gasteiger partial charge in [0.05, 0.1) is 22.3 Å². The van der Waals surface area contributed by atoms with Gasteiger partial charge < -0.3 is 10.8 Å². The molecule has 1 aliphatic carbocycles. The smallest absolute Gasteiger partial charge is 0.183 e. The average Bonchev–Trinajstić information content (AvgIpc) is 3.16. The Morgan fingerprint density at radius 1 is 1.13 bits per heavy atom. The first-order chi connectivity index (χ1) is 10.8. The summed E-state index contributed by atoms with van der Waals surface area (Å²) in [5.74, 6) is -0.960. The van der Waals surface area contributed by atoms with Crippen LogP contribution in [0.3, 0.4) is 0 Å². The predicted octanol–water partition coefficient (Wildman–Crippen LogP) is 1.76. The molecule has 3 rings (SSSR count). The third kappa shape index (κ3) is 2.56. The zero-order chi connectivity index (χ0) is 16.8. The van der Waals surface area contributed by atoms with Crippen LogP contribution in [-0.2, 0) is 9.84 Å². The van der Waals surface area contributed by atoms with E-state index in [1.165, 1.54) is 24.3 Å². The van der Waals surface area contributed by atoms with E-state index in [0.717, 1.165) is 5.56 Å². The summed E-state index contributed by atoms with van der Waals surface area (Å²) in [5.41, 5.74) is 6.46. The topological polar surface area (TPSA) is 80.4 Å². The van der Waals surface area contributed by atoms with Crippen molar-refractivity contribution < 1.29 is 17.9 Å². The summed E-state index contributed by atoms with van der Waals surface area (Å²) >= 11 is 0. The quantitative estimate of drug-likeness (QED) is 0.892. The summed E-state index contributed by atoms with van der Waals surface area (Å²) in [4.78, 5) is 0.181. The second kappa shape index (κ2) is 5.40. The minimum atomic E-state index is -3.69. The molecule has 6 heteroatoms. The van der Waals surface area contributed by atoms with Crippen LogP contribution >= 0.6 is 0 Å². The zero-order valence-corrected chi connectivity index (χ0v) is 13.4. The molecule has 0 amide bonds. The summed E-state index contributed by atoms with van der Waals surface area (Å²) in [7, 11) is -3.69. The molecule has 1 saturated carbocycles. The number of hydrogen-bond donors (Lipinski definition) is 2. The van der Waals surface area contributed by atoms with E-state index in [-0.39, 0.29) is 4.90 Å². The van der Waals surface area contributed by atoms with Gasteiger partial charge in [0.1, 0.15) is 5.82 Å². The fraction of sp³-hybridized carbons (Fsp3) is 0.294. The largest absolute Gasteiger partial charge is 0.394 e. The third-order valence-corrected chi connectivity index (χ3v) is 6.80. The van der Waals surface area contributed by atoms with Crippen molar-refractivity contribution in [1.82, 2.24) is 0 Å². The molecule has 1 fully saturated rings. The number of hydrogen-bond acceptors (Lipinski definition) is 4. The van der Waals surface area contributed by atoms with Gasteiger partial charge in [0.15, 0.2) is 9.84 Å². The molecule has 2 aromatic carbocycles. The van der Waals surface area contributed by atoms with Gasteiger partial charge in [-0.2, -0.15) is 0 Å². The van der Waals surface area contributed by atoms with Gasteiger partial charge >= 0.3 is 0 Å². The van der Waals surface area contributed by atoms with Crippen LogP contribution < -0.4 is 5.73 Å². The highest BCUT2D eigenvalue weighted by Gasteiger charge is 2.69. The highest BCUT2D eigenvalue weighted by Crippen LogP contribution is 2.55. The van der Waals surface area contributed by atoms with Crippen LogP contribution in [0.5, 0.6) is 0 Å². The van der Waals surface area contributed by atoms with E-state index in [2.05, 4.69) is 0 Å². The molecule has 23 heavy (non-hydrogen) atoms. The molecular weight excluding hydrogens is 317 g/mol. The van der Waals surface area contributed by atoms with Gasteiger partial charge in [-0.15, -0.1) is 0 Å². The number of nitrogens with two attached hydrogens (primary N) is 1. The normalized spacial score (nSPS) is 27.0. The Labute approximate surface area is 134 Å². The number of benzene rings is 2. The van der Waals surface area contributed by atoms with E-state index in [4.69, 9.17) is 5.73 Å². The number of halogens is 1. The molecule has 0 radical (unpaired) electrons. The Morgan fingerprint density at radius 3 is 2.22 bits per heavy atom. The predicted molar refractivity (Wildman–Crippen MR) is 85.3 cm³/mol. The van der Waals surface area contributed by atoms with Gasteiger partial charge in [0, 0.05) is 5.92 Å². The Kier molecular flexibility index (Phi) is 3.78. The van der Waals surface area contributed by atoms with Crippen molar-refractivity contribution in [2.24, 2.45) is 5.73 Å².